The van der Waals surface area contributed by atoms with Gasteiger partial charge in [-0.25, -0.2) is 0 Å². The molecule has 0 fully saturated rings. The van der Waals surface area contributed by atoms with Gasteiger partial charge in [0.2, 0.25) is 5.75 Å². The van der Waals surface area contributed by atoms with E-state index in [1.54, 1.807) is 26.0 Å². The van der Waals surface area contributed by atoms with Crippen LogP contribution in [0.15, 0.2) is 6.08 Å². The number of fused-ring (bicyclic) bond motifs is 1. The Labute approximate surface area is 190 Å². The first-order chi connectivity index (χ1) is 15.3. The second-order valence-corrected chi connectivity index (χ2v) is 8.32. The maximum atomic E-state index is 12.1. The van der Waals surface area contributed by atoms with Crippen molar-refractivity contribution in [2.24, 2.45) is 0 Å². The van der Waals surface area contributed by atoms with Gasteiger partial charge < -0.3 is 34.6 Å². The third-order valence-corrected chi connectivity index (χ3v) is 5.39. The lowest BCUT2D eigenvalue weighted by atomic mass is 9.91. The van der Waals surface area contributed by atoms with Crippen LogP contribution in [0.5, 0.6) is 40.2 Å². The van der Waals surface area contributed by atoms with Crippen molar-refractivity contribution in [1.29, 1.82) is 0 Å². The Kier molecular flexibility index (Phi) is 5.93. The molecule has 9 nitrogen and oxygen atoms in total. The zero-order chi connectivity index (χ0) is 24.8. The first-order valence-electron chi connectivity index (χ1n) is 10.1. The van der Waals surface area contributed by atoms with E-state index in [1.165, 1.54) is 21.0 Å². The van der Waals surface area contributed by atoms with Crippen LogP contribution < -0.4 is 14.2 Å². The molecule has 3 rings (SSSR count). The molecule has 2 aromatic carbocycles. The molecule has 176 valence electrons. The molecule has 0 amide bonds. The van der Waals surface area contributed by atoms with Crippen molar-refractivity contribution in [1.82, 2.24) is 0 Å². The van der Waals surface area contributed by atoms with E-state index in [9.17, 15) is 30.0 Å². The molecule has 0 unspecified atom stereocenters. The lowest BCUT2D eigenvalue weighted by molar-refractivity contribution is -0.132. The number of ketones is 1. The van der Waals surface area contributed by atoms with Crippen molar-refractivity contribution < 1.29 is 44.2 Å². The lowest BCUT2D eigenvalue weighted by Gasteiger charge is -2.31. The van der Waals surface area contributed by atoms with E-state index in [4.69, 9.17) is 14.2 Å². The van der Waals surface area contributed by atoms with Gasteiger partial charge in [0.15, 0.2) is 17.3 Å². The maximum absolute atomic E-state index is 12.1. The van der Waals surface area contributed by atoms with Crippen LogP contribution in [0.2, 0.25) is 0 Å². The number of carbonyl (C=O) groups is 2. The minimum Gasteiger partial charge on any atom is -0.507 e. The fourth-order valence-electron chi connectivity index (χ4n) is 3.85. The smallest absolute Gasteiger partial charge is 0.308 e. The summed E-state index contributed by atoms with van der Waals surface area (Å²) in [7, 11) is 1.33. The SMILES string of the molecule is COc1c(C)c(O)c(C(C)=O)c(O)c1Cc1c(O)c(OC(C)=O)c(O)c2c1OC(C)(C)C=C2. The van der Waals surface area contributed by atoms with E-state index >= 15 is 0 Å². The van der Waals surface area contributed by atoms with Crippen LogP contribution in [-0.2, 0) is 11.2 Å². The van der Waals surface area contributed by atoms with Gasteiger partial charge in [-0.15, -0.1) is 0 Å². The molecule has 1 aliphatic heterocycles. The number of rotatable bonds is 5. The van der Waals surface area contributed by atoms with Gasteiger partial charge in [0.25, 0.3) is 0 Å². The van der Waals surface area contributed by atoms with E-state index < -0.39 is 46.1 Å². The molecule has 0 aromatic heterocycles. The first-order valence-corrected chi connectivity index (χ1v) is 10.1. The zero-order valence-electron chi connectivity index (χ0n) is 19.2. The molecule has 33 heavy (non-hydrogen) atoms. The molecule has 0 spiro atoms. The number of carbonyl (C=O) groups excluding carboxylic acids is 2. The Morgan fingerprint density at radius 2 is 1.61 bits per heavy atom. The second kappa shape index (κ2) is 8.23. The highest BCUT2D eigenvalue weighted by Gasteiger charge is 2.34. The van der Waals surface area contributed by atoms with E-state index in [0.29, 0.717) is 0 Å². The highest BCUT2D eigenvalue weighted by Crippen LogP contribution is 2.53. The van der Waals surface area contributed by atoms with Crippen LogP contribution in [0.3, 0.4) is 0 Å². The van der Waals surface area contributed by atoms with Gasteiger partial charge in [-0.1, -0.05) is 0 Å². The van der Waals surface area contributed by atoms with Crippen LogP contribution in [0, 0.1) is 6.92 Å². The molecular formula is C24H26O9. The monoisotopic (exact) mass is 458 g/mol. The highest BCUT2D eigenvalue weighted by atomic mass is 16.5. The van der Waals surface area contributed by atoms with E-state index in [-0.39, 0.29) is 45.7 Å². The first kappa shape index (κ1) is 23.8. The summed E-state index contributed by atoms with van der Waals surface area (Å²) < 4.78 is 16.4. The minimum atomic E-state index is -0.800. The van der Waals surface area contributed by atoms with Crippen LogP contribution in [-0.4, -0.2) is 44.9 Å². The summed E-state index contributed by atoms with van der Waals surface area (Å²) in [5, 5.41) is 42.9. The second-order valence-electron chi connectivity index (χ2n) is 8.32. The summed E-state index contributed by atoms with van der Waals surface area (Å²) in [6.07, 6.45) is 3.01. The molecular weight excluding hydrogens is 432 g/mol. The number of hydrogen-bond donors (Lipinski definition) is 4. The fraction of sp³-hybridized carbons (Fsp3) is 0.333. The lowest BCUT2D eigenvalue weighted by Crippen LogP contribution is -2.28. The number of aromatic hydroxyl groups is 4. The Bertz CT molecular complexity index is 1210. The Hall–Kier alpha value is -3.88. The summed E-state index contributed by atoms with van der Waals surface area (Å²) in [6, 6.07) is 0. The van der Waals surface area contributed by atoms with Gasteiger partial charge in [-0.05, 0) is 39.8 Å². The molecule has 0 saturated carbocycles. The average Bonchev–Trinajstić information content (AvgIpc) is 2.71. The Morgan fingerprint density at radius 1 is 0.970 bits per heavy atom. The molecule has 0 aliphatic carbocycles. The van der Waals surface area contributed by atoms with Gasteiger partial charge in [0.1, 0.15) is 34.2 Å². The van der Waals surface area contributed by atoms with Crippen molar-refractivity contribution in [3.63, 3.8) is 0 Å². The normalized spacial score (nSPS) is 13.8. The molecule has 4 N–H and O–H groups in total. The zero-order valence-corrected chi connectivity index (χ0v) is 19.2. The Balaban J connectivity index is 2.36. The number of ether oxygens (including phenoxy) is 3. The number of Topliss-reactive ketones (excluding diaryl/α,β-unsaturated/α-hetero) is 1. The van der Waals surface area contributed by atoms with Crippen molar-refractivity contribution in [3.05, 3.63) is 33.9 Å². The molecule has 1 aliphatic rings. The largest absolute Gasteiger partial charge is 0.507 e. The van der Waals surface area contributed by atoms with Crippen molar-refractivity contribution in [2.75, 3.05) is 7.11 Å². The third-order valence-electron chi connectivity index (χ3n) is 5.39. The van der Waals surface area contributed by atoms with E-state index in [1.807, 2.05) is 0 Å². The van der Waals surface area contributed by atoms with Gasteiger partial charge in [-0.2, -0.15) is 0 Å². The molecule has 9 heteroatoms. The van der Waals surface area contributed by atoms with Gasteiger partial charge >= 0.3 is 5.97 Å². The summed E-state index contributed by atoms with van der Waals surface area (Å²) in [4.78, 5) is 23.7. The highest BCUT2D eigenvalue weighted by molar-refractivity contribution is 6.01. The molecule has 0 saturated heterocycles. The average molecular weight is 458 g/mol. The van der Waals surface area contributed by atoms with Gasteiger partial charge in [0.05, 0.1) is 12.7 Å². The standard InChI is InChI=1S/C24H26O9/c1-10-17(27)16(11(2)25)18(28)14(21(10)31-6)9-15-20(30)23(32-12(3)26)19(29)13-7-8-24(4,5)33-22(13)15/h7-8,27-30H,9H2,1-6H3. The summed E-state index contributed by atoms with van der Waals surface area (Å²) in [5.41, 5.74) is -0.555. The molecule has 0 radical (unpaired) electrons. The number of esters is 1. The maximum Gasteiger partial charge on any atom is 0.308 e. The van der Waals surface area contributed by atoms with Gasteiger partial charge in [-0.3, -0.25) is 9.59 Å². The number of methoxy groups -OCH3 is 1. The molecule has 2 aromatic rings. The number of phenolic OH excluding ortho intramolecular Hbond substituents is 4. The molecule has 0 bridgehead atoms. The number of benzene rings is 2. The number of hydrogen-bond acceptors (Lipinski definition) is 9. The molecule has 1 heterocycles. The van der Waals surface area contributed by atoms with Crippen molar-refractivity contribution in [3.8, 4) is 40.2 Å². The van der Waals surface area contributed by atoms with E-state index in [2.05, 4.69) is 0 Å². The molecule has 0 atom stereocenters. The summed E-state index contributed by atoms with van der Waals surface area (Å²) in [6.45, 7) is 7.36. The van der Waals surface area contributed by atoms with Crippen LogP contribution >= 0.6 is 0 Å². The summed E-state index contributed by atoms with van der Waals surface area (Å²) >= 11 is 0. The quantitative estimate of drug-likeness (QED) is 0.299. The predicted molar refractivity (Wildman–Crippen MR) is 119 cm³/mol. The Morgan fingerprint density at radius 3 is 2.15 bits per heavy atom. The van der Waals surface area contributed by atoms with Crippen molar-refractivity contribution >= 4 is 17.8 Å². The van der Waals surface area contributed by atoms with Crippen molar-refractivity contribution in [2.45, 2.75) is 46.6 Å². The topological polar surface area (TPSA) is 143 Å². The van der Waals surface area contributed by atoms with Crippen LogP contribution in [0.4, 0.5) is 0 Å². The van der Waals surface area contributed by atoms with Crippen LogP contribution in [0.25, 0.3) is 6.08 Å². The predicted octanol–water partition coefficient (Wildman–Crippen LogP) is 3.73. The summed E-state index contributed by atoms with van der Waals surface area (Å²) in [5.74, 6) is -3.63. The van der Waals surface area contributed by atoms with Gasteiger partial charge in [0, 0.05) is 30.0 Å². The third kappa shape index (κ3) is 4.02. The fourth-order valence-corrected chi connectivity index (χ4v) is 3.85. The minimum absolute atomic E-state index is 0.0738. The number of phenols is 4. The van der Waals surface area contributed by atoms with E-state index in [0.717, 1.165) is 6.92 Å². The van der Waals surface area contributed by atoms with Crippen LogP contribution in [0.1, 0.15) is 60.3 Å².